The SMILES string of the molecule is Cc1ccc2[nH]c(=O)c(CNCc3ccco3)cc2c1. The lowest BCUT2D eigenvalue weighted by Gasteiger charge is -2.05. The van der Waals surface area contributed by atoms with Crippen molar-refractivity contribution in [3.05, 3.63) is 69.9 Å². The second-order valence-electron chi connectivity index (χ2n) is 4.90. The number of pyridine rings is 1. The highest BCUT2D eigenvalue weighted by molar-refractivity contribution is 5.79. The summed E-state index contributed by atoms with van der Waals surface area (Å²) in [6.07, 6.45) is 1.64. The molecule has 0 spiro atoms. The van der Waals surface area contributed by atoms with Crippen molar-refractivity contribution in [2.24, 2.45) is 0 Å². The Kier molecular flexibility index (Phi) is 3.39. The number of aromatic nitrogens is 1. The Morgan fingerprint density at radius 1 is 1.20 bits per heavy atom. The molecule has 102 valence electrons. The Balaban J connectivity index is 1.80. The zero-order valence-electron chi connectivity index (χ0n) is 11.3. The molecule has 0 aliphatic heterocycles. The third-order valence-corrected chi connectivity index (χ3v) is 3.27. The maximum atomic E-state index is 12.0. The van der Waals surface area contributed by atoms with Gasteiger partial charge in [-0.05, 0) is 42.6 Å². The lowest BCUT2D eigenvalue weighted by Crippen LogP contribution is -2.20. The third kappa shape index (κ3) is 2.65. The van der Waals surface area contributed by atoms with Gasteiger partial charge in [0.25, 0.3) is 5.56 Å². The number of fused-ring (bicyclic) bond motifs is 1. The van der Waals surface area contributed by atoms with Crippen LogP contribution in [0, 0.1) is 6.92 Å². The number of hydrogen-bond donors (Lipinski definition) is 2. The lowest BCUT2D eigenvalue weighted by atomic mass is 10.1. The third-order valence-electron chi connectivity index (χ3n) is 3.27. The van der Waals surface area contributed by atoms with E-state index in [0.29, 0.717) is 13.1 Å². The summed E-state index contributed by atoms with van der Waals surface area (Å²) in [6, 6.07) is 11.7. The van der Waals surface area contributed by atoms with Gasteiger partial charge in [-0.2, -0.15) is 0 Å². The number of hydrogen-bond acceptors (Lipinski definition) is 3. The Bertz CT molecular complexity index is 773. The van der Waals surface area contributed by atoms with Crippen LogP contribution in [-0.4, -0.2) is 4.98 Å². The zero-order valence-corrected chi connectivity index (χ0v) is 11.3. The minimum atomic E-state index is -0.0479. The molecule has 0 saturated carbocycles. The van der Waals surface area contributed by atoms with E-state index in [0.717, 1.165) is 22.2 Å². The fourth-order valence-electron chi connectivity index (χ4n) is 2.24. The van der Waals surface area contributed by atoms with Crippen LogP contribution in [0.2, 0.25) is 0 Å². The van der Waals surface area contributed by atoms with Crippen LogP contribution in [0.3, 0.4) is 0 Å². The van der Waals surface area contributed by atoms with Crippen molar-refractivity contribution < 1.29 is 4.42 Å². The number of furan rings is 1. The second-order valence-corrected chi connectivity index (χ2v) is 4.90. The molecule has 0 aliphatic carbocycles. The molecule has 4 nitrogen and oxygen atoms in total. The smallest absolute Gasteiger partial charge is 0.252 e. The largest absolute Gasteiger partial charge is 0.468 e. The van der Waals surface area contributed by atoms with Crippen molar-refractivity contribution in [3.8, 4) is 0 Å². The van der Waals surface area contributed by atoms with Crippen molar-refractivity contribution in [1.29, 1.82) is 0 Å². The highest BCUT2D eigenvalue weighted by Gasteiger charge is 2.03. The molecule has 0 amide bonds. The van der Waals surface area contributed by atoms with Gasteiger partial charge in [-0.15, -0.1) is 0 Å². The van der Waals surface area contributed by atoms with Gasteiger partial charge in [0.2, 0.25) is 0 Å². The minimum Gasteiger partial charge on any atom is -0.468 e. The van der Waals surface area contributed by atoms with E-state index in [2.05, 4.69) is 16.4 Å². The summed E-state index contributed by atoms with van der Waals surface area (Å²) in [5.41, 5.74) is 2.73. The van der Waals surface area contributed by atoms with Crippen LogP contribution in [0.25, 0.3) is 10.9 Å². The van der Waals surface area contributed by atoms with Crippen LogP contribution >= 0.6 is 0 Å². The molecule has 3 aromatic rings. The Hall–Kier alpha value is -2.33. The molecule has 0 fully saturated rings. The highest BCUT2D eigenvalue weighted by atomic mass is 16.3. The molecule has 0 atom stereocenters. The first-order valence-electron chi connectivity index (χ1n) is 6.58. The Morgan fingerprint density at radius 2 is 2.10 bits per heavy atom. The van der Waals surface area contributed by atoms with E-state index >= 15 is 0 Å². The number of H-pyrrole nitrogens is 1. The lowest BCUT2D eigenvalue weighted by molar-refractivity contribution is 0.482. The Labute approximate surface area is 116 Å². The van der Waals surface area contributed by atoms with Crippen molar-refractivity contribution in [1.82, 2.24) is 10.3 Å². The topological polar surface area (TPSA) is 58.0 Å². The summed E-state index contributed by atoms with van der Waals surface area (Å²) in [4.78, 5) is 14.9. The van der Waals surface area contributed by atoms with E-state index in [1.807, 2.05) is 37.3 Å². The van der Waals surface area contributed by atoms with Crippen LogP contribution in [0.15, 0.2) is 51.9 Å². The summed E-state index contributed by atoms with van der Waals surface area (Å²) in [7, 11) is 0. The Morgan fingerprint density at radius 3 is 2.90 bits per heavy atom. The van der Waals surface area contributed by atoms with E-state index < -0.39 is 0 Å². The van der Waals surface area contributed by atoms with Gasteiger partial charge >= 0.3 is 0 Å². The monoisotopic (exact) mass is 268 g/mol. The molecule has 2 aromatic heterocycles. The van der Waals surface area contributed by atoms with Crippen molar-refractivity contribution in [3.63, 3.8) is 0 Å². The first-order valence-corrected chi connectivity index (χ1v) is 6.58. The fraction of sp³-hybridized carbons (Fsp3) is 0.188. The van der Waals surface area contributed by atoms with Gasteiger partial charge in [0, 0.05) is 17.6 Å². The predicted molar refractivity (Wildman–Crippen MR) is 78.6 cm³/mol. The van der Waals surface area contributed by atoms with Gasteiger partial charge in [0.15, 0.2) is 0 Å². The number of benzene rings is 1. The number of aryl methyl sites for hydroxylation is 1. The molecule has 3 rings (SSSR count). The van der Waals surface area contributed by atoms with E-state index in [1.165, 1.54) is 5.56 Å². The predicted octanol–water partition coefficient (Wildman–Crippen LogP) is 2.72. The van der Waals surface area contributed by atoms with Gasteiger partial charge in [0.1, 0.15) is 5.76 Å². The fourth-order valence-corrected chi connectivity index (χ4v) is 2.24. The number of rotatable bonds is 4. The van der Waals surface area contributed by atoms with Gasteiger partial charge in [-0.25, -0.2) is 0 Å². The summed E-state index contributed by atoms with van der Waals surface area (Å²) in [5.74, 6) is 0.859. The molecule has 0 radical (unpaired) electrons. The molecule has 2 heterocycles. The molecule has 0 bridgehead atoms. The first kappa shape index (κ1) is 12.7. The van der Waals surface area contributed by atoms with Gasteiger partial charge in [0.05, 0.1) is 12.8 Å². The average molecular weight is 268 g/mol. The number of aromatic amines is 1. The maximum absolute atomic E-state index is 12.0. The van der Waals surface area contributed by atoms with Gasteiger partial charge in [-0.3, -0.25) is 4.79 Å². The van der Waals surface area contributed by atoms with Gasteiger partial charge in [-0.1, -0.05) is 11.6 Å². The molecule has 2 N–H and O–H groups in total. The normalized spacial score (nSPS) is 11.1. The molecule has 0 saturated heterocycles. The van der Waals surface area contributed by atoms with Crippen LogP contribution in [-0.2, 0) is 13.1 Å². The second kappa shape index (κ2) is 5.35. The summed E-state index contributed by atoms with van der Waals surface area (Å²) >= 11 is 0. The molecule has 1 aromatic carbocycles. The molecule has 20 heavy (non-hydrogen) atoms. The summed E-state index contributed by atoms with van der Waals surface area (Å²) in [6.45, 7) is 3.16. The van der Waals surface area contributed by atoms with Gasteiger partial charge < -0.3 is 14.7 Å². The van der Waals surface area contributed by atoms with E-state index in [4.69, 9.17) is 4.42 Å². The van der Waals surface area contributed by atoms with E-state index in [-0.39, 0.29) is 5.56 Å². The first-order chi connectivity index (χ1) is 9.72. The van der Waals surface area contributed by atoms with Crippen LogP contribution in [0.4, 0.5) is 0 Å². The maximum Gasteiger partial charge on any atom is 0.252 e. The molecular weight excluding hydrogens is 252 g/mol. The average Bonchev–Trinajstić information content (AvgIpc) is 2.93. The van der Waals surface area contributed by atoms with Crippen LogP contribution in [0.1, 0.15) is 16.9 Å². The molecule has 0 unspecified atom stereocenters. The zero-order chi connectivity index (χ0) is 13.9. The summed E-state index contributed by atoms with van der Waals surface area (Å²) in [5, 5.41) is 4.27. The van der Waals surface area contributed by atoms with Crippen LogP contribution in [0.5, 0.6) is 0 Å². The van der Waals surface area contributed by atoms with Crippen molar-refractivity contribution in [2.75, 3.05) is 0 Å². The molecule has 0 aliphatic rings. The summed E-state index contributed by atoms with van der Waals surface area (Å²) < 4.78 is 5.24. The molecule has 4 heteroatoms. The highest BCUT2D eigenvalue weighted by Crippen LogP contribution is 2.13. The minimum absolute atomic E-state index is 0.0479. The van der Waals surface area contributed by atoms with Crippen molar-refractivity contribution in [2.45, 2.75) is 20.0 Å². The quantitative estimate of drug-likeness (QED) is 0.765. The van der Waals surface area contributed by atoms with E-state index in [9.17, 15) is 4.79 Å². The van der Waals surface area contributed by atoms with E-state index in [1.54, 1.807) is 6.26 Å². The van der Waals surface area contributed by atoms with Crippen molar-refractivity contribution >= 4 is 10.9 Å². The standard InChI is InChI=1S/C16H16N2O2/c1-11-4-5-15-12(7-11)8-13(16(19)18-15)9-17-10-14-3-2-6-20-14/h2-8,17H,9-10H2,1H3,(H,18,19). The van der Waals surface area contributed by atoms with Crippen LogP contribution < -0.4 is 10.9 Å². The number of nitrogens with one attached hydrogen (secondary N) is 2. The molecular formula is C16H16N2O2.